The van der Waals surface area contributed by atoms with Crippen LogP contribution in [0.1, 0.15) is 18.4 Å². The van der Waals surface area contributed by atoms with Crippen molar-refractivity contribution in [1.29, 1.82) is 0 Å². The molecule has 0 saturated heterocycles. The molecule has 2 heterocycles. The van der Waals surface area contributed by atoms with Crippen LogP contribution in [0.3, 0.4) is 0 Å². The summed E-state index contributed by atoms with van der Waals surface area (Å²) in [4.78, 5) is 51.8. The molecule has 9 nitrogen and oxygen atoms in total. The van der Waals surface area contributed by atoms with Gasteiger partial charge in [-0.25, -0.2) is 4.79 Å². The summed E-state index contributed by atoms with van der Waals surface area (Å²) >= 11 is 15.1. The van der Waals surface area contributed by atoms with E-state index in [0.717, 1.165) is 4.47 Å². The van der Waals surface area contributed by atoms with E-state index in [2.05, 4.69) is 26.6 Å². The van der Waals surface area contributed by atoms with E-state index >= 15 is 0 Å². The fourth-order valence-electron chi connectivity index (χ4n) is 3.80. The Morgan fingerprint density at radius 1 is 1.03 bits per heavy atom. The largest absolute Gasteiger partial charge is 0.465 e. The number of benzene rings is 2. The van der Waals surface area contributed by atoms with Crippen LogP contribution in [0.5, 0.6) is 0 Å². The minimum Gasteiger partial charge on any atom is -0.465 e. The highest BCUT2D eigenvalue weighted by Crippen LogP contribution is 2.36. The van der Waals surface area contributed by atoms with Gasteiger partial charge in [-0.05, 0) is 67.6 Å². The summed E-state index contributed by atoms with van der Waals surface area (Å²) in [6, 6.07) is 14.6. The Balaban J connectivity index is 1.48. The summed E-state index contributed by atoms with van der Waals surface area (Å²) < 4.78 is 11.5. The van der Waals surface area contributed by atoms with Gasteiger partial charge in [-0.15, -0.1) is 0 Å². The lowest BCUT2D eigenvalue weighted by atomic mass is 10.1. The quantitative estimate of drug-likeness (QED) is 0.211. The third-order valence-corrected chi connectivity index (χ3v) is 6.92. The molecule has 0 fully saturated rings. The van der Waals surface area contributed by atoms with Gasteiger partial charge >= 0.3 is 17.8 Å². The number of nitrogens with zero attached hydrogens (tertiary/aromatic N) is 1. The molecule has 200 valence electrons. The van der Waals surface area contributed by atoms with Gasteiger partial charge in [0.2, 0.25) is 0 Å². The van der Waals surface area contributed by atoms with E-state index in [1.807, 2.05) is 0 Å². The summed E-state index contributed by atoms with van der Waals surface area (Å²) in [5.41, 5.74) is 1.49. The molecule has 0 spiro atoms. The van der Waals surface area contributed by atoms with E-state index in [0.29, 0.717) is 27.9 Å². The number of ether oxygens (including phenoxy) is 1. The number of halogens is 3. The fraction of sp³-hybridized carbons (Fsp3) is 0.111. The van der Waals surface area contributed by atoms with Crippen LogP contribution in [0.15, 0.2) is 80.3 Å². The average molecular weight is 633 g/mol. The molecular weight excluding hydrogens is 613 g/mol. The molecule has 3 amide bonds. The molecule has 2 N–H and O–H groups in total. The zero-order chi connectivity index (χ0) is 28.3. The molecule has 0 bridgehead atoms. The number of nitrogens with one attached hydrogen (secondary N) is 2. The number of methoxy groups -OCH3 is 1. The lowest BCUT2D eigenvalue weighted by Crippen LogP contribution is -2.34. The van der Waals surface area contributed by atoms with Gasteiger partial charge in [-0.1, -0.05) is 39.1 Å². The van der Waals surface area contributed by atoms with Crippen LogP contribution in [-0.4, -0.2) is 30.8 Å². The molecule has 0 atom stereocenters. The van der Waals surface area contributed by atoms with Crippen molar-refractivity contribution in [2.24, 2.45) is 0 Å². The summed E-state index contributed by atoms with van der Waals surface area (Å²) in [7, 11) is 1.23. The Labute approximate surface area is 241 Å². The zero-order valence-electron chi connectivity index (χ0n) is 20.5. The third kappa shape index (κ3) is 6.25. The molecule has 1 aliphatic rings. The molecule has 0 radical (unpaired) electrons. The van der Waals surface area contributed by atoms with Gasteiger partial charge in [0, 0.05) is 21.5 Å². The van der Waals surface area contributed by atoms with Crippen LogP contribution in [-0.2, 0) is 30.5 Å². The number of carbonyl (C=O) groups excluding carboxylic acids is 4. The molecule has 1 aliphatic heterocycles. The maximum Gasteiger partial charge on any atom is 0.340 e. The number of hydrogen-bond acceptors (Lipinski definition) is 6. The molecule has 2 aromatic carbocycles. The van der Waals surface area contributed by atoms with Crippen molar-refractivity contribution in [3.8, 4) is 0 Å². The molecule has 3 aromatic rings. The Bertz CT molecular complexity index is 1550. The summed E-state index contributed by atoms with van der Waals surface area (Å²) in [6.07, 6.45) is 1.43. The fourth-order valence-corrected chi connectivity index (χ4v) is 4.36. The van der Waals surface area contributed by atoms with Crippen molar-refractivity contribution in [1.82, 2.24) is 5.32 Å². The van der Waals surface area contributed by atoms with Crippen LogP contribution in [0, 0.1) is 0 Å². The molecule has 12 heteroatoms. The van der Waals surface area contributed by atoms with Crippen molar-refractivity contribution >= 4 is 80.3 Å². The van der Waals surface area contributed by atoms with Gasteiger partial charge in [0.25, 0.3) is 5.91 Å². The molecule has 0 unspecified atom stereocenters. The Morgan fingerprint density at radius 2 is 1.74 bits per heavy atom. The van der Waals surface area contributed by atoms with E-state index in [4.69, 9.17) is 32.4 Å². The van der Waals surface area contributed by atoms with E-state index in [1.54, 1.807) is 43.3 Å². The van der Waals surface area contributed by atoms with Crippen molar-refractivity contribution < 1.29 is 28.3 Å². The number of allylic oxidation sites excluding steroid dienone is 1. The summed E-state index contributed by atoms with van der Waals surface area (Å²) in [5.74, 6) is -2.34. The predicted molar refractivity (Wildman–Crippen MR) is 150 cm³/mol. The van der Waals surface area contributed by atoms with E-state index in [1.165, 1.54) is 36.3 Å². The number of rotatable bonds is 6. The van der Waals surface area contributed by atoms with Crippen LogP contribution < -0.4 is 15.5 Å². The third-order valence-electron chi connectivity index (χ3n) is 5.65. The first-order chi connectivity index (χ1) is 18.6. The zero-order valence-corrected chi connectivity index (χ0v) is 23.6. The first-order valence-electron chi connectivity index (χ1n) is 11.3. The second kappa shape index (κ2) is 11.9. The number of esters is 1. The lowest BCUT2D eigenvalue weighted by Gasteiger charge is -2.17. The minimum absolute atomic E-state index is 0.0909. The lowest BCUT2D eigenvalue weighted by molar-refractivity contribution is -0.136. The standard InChI is InChI=1S/C27H20BrCl2N3O6/c1-14-23(27(37)38-2)20(26(36)33(14)17-6-3-15(28)4-7-17)12-18-8-9-19(39-18)13-31-24(34)25(35)32-16-5-10-21(29)22(30)11-16/h3-12H,13H2,1-2H3,(H,31,34)(H,32,35)/b20-12+. The van der Waals surface area contributed by atoms with E-state index < -0.39 is 23.7 Å². The topological polar surface area (TPSA) is 118 Å². The van der Waals surface area contributed by atoms with E-state index in [-0.39, 0.29) is 28.5 Å². The van der Waals surface area contributed by atoms with Crippen molar-refractivity contribution in [2.75, 3.05) is 17.3 Å². The second-order valence-electron chi connectivity index (χ2n) is 8.20. The SMILES string of the molecule is COC(=O)C1=C(C)N(c2ccc(Br)cc2)C(=O)/C1=C/c1ccc(CNC(=O)C(=O)Nc2ccc(Cl)c(Cl)c2)o1. The molecule has 4 rings (SSSR count). The minimum atomic E-state index is -0.907. The first-order valence-corrected chi connectivity index (χ1v) is 12.9. The van der Waals surface area contributed by atoms with Crippen molar-refractivity contribution in [2.45, 2.75) is 13.5 Å². The first kappa shape index (κ1) is 28.2. The van der Waals surface area contributed by atoms with Crippen LogP contribution >= 0.6 is 39.1 Å². The van der Waals surface area contributed by atoms with E-state index in [9.17, 15) is 19.2 Å². The smallest absolute Gasteiger partial charge is 0.340 e. The normalized spacial score (nSPS) is 14.1. The van der Waals surface area contributed by atoms with Gasteiger partial charge < -0.3 is 19.8 Å². The van der Waals surface area contributed by atoms with Gasteiger partial charge in [-0.2, -0.15) is 0 Å². The van der Waals surface area contributed by atoms with Gasteiger partial charge in [-0.3, -0.25) is 19.3 Å². The highest BCUT2D eigenvalue weighted by Gasteiger charge is 2.38. The van der Waals surface area contributed by atoms with Gasteiger partial charge in [0.05, 0.1) is 34.8 Å². The highest BCUT2D eigenvalue weighted by molar-refractivity contribution is 9.10. The molecule has 0 aliphatic carbocycles. The Kier molecular flexibility index (Phi) is 8.59. The molecule has 1 aromatic heterocycles. The monoisotopic (exact) mass is 631 g/mol. The summed E-state index contributed by atoms with van der Waals surface area (Å²) in [5, 5.41) is 5.41. The molecule has 0 saturated carbocycles. The van der Waals surface area contributed by atoms with Crippen molar-refractivity contribution in [3.05, 3.63) is 97.5 Å². The van der Waals surface area contributed by atoms with Crippen LogP contribution in [0.2, 0.25) is 10.0 Å². The average Bonchev–Trinajstić information content (AvgIpc) is 3.46. The molecule has 39 heavy (non-hydrogen) atoms. The maximum absolute atomic E-state index is 13.4. The maximum atomic E-state index is 13.4. The summed E-state index contributed by atoms with van der Waals surface area (Å²) in [6.45, 7) is 1.55. The number of furan rings is 1. The van der Waals surface area contributed by atoms with Crippen LogP contribution in [0.25, 0.3) is 6.08 Å². The Hall–Kier alpha value is -3.86. The number of anilines is 2. The predicted octanol–water partition coefficient (Wildman–Crippen LogP) is 5.48. The van der Waals surface area contributed by atoms with Crippen LogP contribution in [0.4, 0.5) is 11.4 Å². The number of amides is 3. The Morgan fingerprint density at radius 3 is 2.41 bits per heavy atom. The highest BCUT2D eigenvalue weighted by atomic mass is 79.9. The number of carbonyl (C=O) groups is 4. The molecular formula is C27H20BrCl2N3O6. The van der Waals surface area contributed by atoms with Gasteiger partial charge in [0.15, 0.2) is 0 Å². The van der Waals surface area contributed by atoms with Gasteiger partial charge in [0.1, 0.15) is 11.5 Å². The second-order valence-corrected chi connectivity index (χ2v) is 9.93. The number of hydrogen-bond donors (Lipinski definition) is 2. The van der Waals surface area contributed by atoms with Crippen molar-refractivity contribution in [3.63, 3.8) is 0 Å².